The van der Waals surface area contributed by atoms with Gasteiger partial charge in [-0.2, -0.15) is 0 Å². The van der Waals surface area contributed by atoms with Gasteiger partial charge in [0.25, 0.3) is 0 Å². The van der Waals surface area contributed by atoms with Gasteiger partial charge in [-0.1, -0.05) is 24.8 Å². The lowest BCUT2D eigenvalue weighted by Crippen LogP contribution is -2.11. The fourth-order valence-electron chi connectivity index (χ4n) is 2.67. The van der Waals surface area contributed by atoms with E-state index in [9.17, 15) is 0 Å². The Morgan fingerprint density at radius 2 is 1.15 bits per heavy atom. The van der Waals surface area contributed by atoms with Gasteiger partial charge in [0.15, 0.2) is 0 Å². The summed E-state index contributed by atoms with van der Waals surface area (Å²) in [7, 11) is 3.30. The first-order chi connectivity index (χ1) is 16.7. The second-order valence-electron chi connectivity index (χ2n) is 7.34. The monoisotopic (exact) mass is 482 g/mol. The second kappa shape index (κ2) is 21.7. The van der Waals surface area contributed by atoms with E-state index in [-0.39, 0.29) is 0 Å². The van der Waals surface area contributed by atoms with Crippen molar-refractivity contribution in [3.8, 4) is 0 Å². The van der Waals surface area contributed by atoms with Gasteiger partial charge in [-0.25, -0.2) is 0 Å². The number of allylic oxidation sites excluding steroid dienone is 1. The predicted molar refractivity (Wildman–Crippen MR) is 133 cm³/mol. The Bertz CT molecular complexity index is 662. The average Bonchev–Trinajstić information content (AvgIpc) is 2.86. The smallest absolute Gasteiger partial charge is 0.111 e. The van der Waals surface area contributed by atoms with Gasteiger partial charge in [0.1, 0.15) is 6.61 Å². The van der Waals surface area contributed by atoms with Crippen LogP contribution < -0.4 is 0 Å². The fraction of sp³-hybridized carbons (Fsp3) is 0.615. The molecule has 0 aliphatic heterocycles. The van der Waals surface area contributed by atoms with E-state index in [0.29, 0.717) is 85.9 Å². The largest absolute Gasteiger partial charge is 0.498 e. The highest BCUT2D eigenvalue weighted by Crippen LogP contribution is 2.20. The minimum atomic E-state index is 0.447. The molecule has 0 spiro atoms. The SMILES string of the molecule is C=C(COCCOCCOCCOC)c1cccc(/C(C)=C/OCCOCCOCCOC)c1. The lowest BCUT2D eigenvalue weighted by Gasteiger charge is -2.11. The number of ether oxygens (including phenoxy) is 8. The average molecular weight is 483 g/mol. The quantitative estimate of drug-likeness (QED) is 0.173. The van der Waals surface area contributed by atoms with Crippen LogP contribution in [0.2, 0.25) is 0 Å². The summed E-state index contributed by atoms with van der Waals surface area (Å²) in [5.74, 6) is 0. The van der Waals surface area contributed by atoms with E-state index in [4.69, 9.17) is 37.9 Å². The van der Waals surface area contributed by atoms with Crippen LogP contribution in [0, 0.1) is 0 Å². The first-order valence-electron chi connectivity index (χ1n) is 11.6. The standard InChI is InChI=1S/C26H42O8/c1-23(21-33-18-16-31-14-12-29-10-8-27-3)25-6-5-7-26(20-25)24(2)22-34-19-17-32-15-13-30-11-9-28-4/h5-7,20,22H,1,8-19,21H2,2-4H3/b24-22+. The molecule has 0 aliphatic carbocycles. The molecular formula is C26H42O8. The molecule has 0 unspecified atom stereocenters. The van der Waals surface area contributed by atoms with Crippen LogP contribution in [-0.2, 0) is 37.9 Å². The van der Waals surface area contributed by atoms with Crippen molar-refractivity contribution in [3.05, 3.63) is 48.2 Å². The van der Waals surface area contributed by atoms with Gasteiger partial charge >= 0.3 is 0 Å². The van der Waals surface area contributed by atoms with Gasteiger partial charge in [0, 0.05) is 14.2 Å². The van der Waals surface area contributed by atoms with Gasteiger partial charge in [-0.05, 0) is 35.3 Å². The van der Waals surface area contributed by atoms with Crippen molar-refractivity contribution in [2.24, 2.45) is 0 Å². The van der Waals surface area contributed by atoms with Crippen LogP contribution in [0.5, 0.6) is 0 Å². The maximum absolute atomic E-state index is 5.68. The summed E-state index contributed by atoms with van der Waals surface area (Å²) in [4.78, 5) is 0. The Hall–Kier alpha value is -1.78. The molecule has 0 aliphatic rings. The van der Waals surface area contributed by atoms with Crippen LogP contribution in [0.4, 0.5) is 0 Å². The van der Waals surface area contributed by atoms with Crippen molar-refractivity contribution in [1.29, 1.82) is 0 Å². The molecular weight excluding hydrogens is 440 g/mol. The van der Waals surface area contributed by atoms with Crippen LogP contribution in [-0.4, -0.2) is 100 Å². The van der Waals surface area contributed by atoms with Gasteiger partial charge in [-0.3, -0.25) is 0 Å². The molecule has 0 N–H and O–H groups in total. The Morgan fingerprint density at radius 3 is 1.71 bits per heavy atom. The number of hydrogen-bond donors (Lipinski definition) is 0. The van der Waals surface area contributed by atoms with Gasteiger partial charge in [0.2, 0.25) is 0 Å². The first-order valence-corrected chi connectivity index (χ1v) is 11.6. The lowest BCUT2D eigenvalue weighted by molar-refractivity contribution is 0.00763. The van der Waals surface area contributed by atoms with Crippen LogP contribution in [0.3, 0.4) is 0 Å². The van der Waals surface area contributed by atoms with Gasteiger partial charge in [0.05, 0.1) is 85.5 Å². The Kier molecular flexibility index (Phi) is 19.3. The highest BCUT2D eigenvalue weighted by atomic mass is 16.6. The zero-order valence-corrected chi connectivity index (χ0v) is 21.1. The molecule has 1 aromatic rings. The Labute approximate surface area is 204 Å². The minimum Gasteiger partial charge on any atom is -0.498 e. The molecule has 0 amide bonds. The van der Waals surface area contributed by atoms with Crippen LogP contribution >= 0.6 is 0 Å². The van der Waals surface area contributed by atoms with Gasteiger partial charge in [-0.15, -0.1) is 0 Å². The van der Waals surface area contributed by atoms with E-state index in [1.54, 1.807) is 20.5 Å². The molecule has 194 valence electrons. The van der Waals surface area contributed by atoms with Gasteiger partial charge < -0.3 is 37.9 Å². The fourth-order valence-corrected chi connectivity index (χ4v) is 2.67. The summed E-state index contributed by atoms with van der Waals surface area (Å²) in [6.07, 6.45) is 1.76. The second-order valence-corrected chi connectivity index (χ2v) is 7.34. The molecule has 0 fully saturated rings. The summed E-state index contributed by atoms with van der Waals surface area (Å²) >= 11 is 0. The summed E-state index contributed by atoms with van der Waals surface area (Å²) in [5, 5.41) is 0. The van der Waals surface area contributed by atoms with Crippen LogP contribution in [0.1, 0.15) is 18.1 Å². The highest BCUT2D eigenvalue weighted by molar-refractivity contribution is 5.70. The zero-order chi connectivity index (χ0) is 24.7. The third-order valence-corrected chi connectivity index (χ3v) is 4.59. The molecule has 0 saturated carbocycles. The maximum Gasteiger partial charge on any atom is 0.111 e. The minimum absolute atomic E-state index is 0.447. The molecule has 0 bridgehead atoms. The van der Waals surface area contributed by atoms with E-state index in [1.165, 1.54) is 0 Å². The topological polar surface area (TPSA) is 73.8 Å². The van der Waals surface area contributed by atoms with Crippen molar-refractivity contribution in [2.75, 3.05) is 100 Å². The lowest BCUT2D eigenvalue weighted by atomic mass is 10.0. The summed E-state index contributed by atoms with van der Waals surface area (Å²) in [6, 6.07) is 8.16. The van der Waals surface area contributed by atoms with E-state index in [0.717, 1.165) is 22.3 Å². The Balaban J connectivity index is 2.19. The molecule has 0 heterocycles. The molecule has 0 atom stereocenters. The Morgan fingerprint density at radius 1 is 0.676 bits per heavy atom. The molecule has 1 rings (SSSR count). The highest BCUT2D eigenvalue weighted by Gasteiger charge is 2.03. The van der Waals surface area contributed by atoms with Crippen LogP contribution in [0.15, 0.2) is 37.1 Å². The summed E-state index contributed by atoms with van der Waals surface area (Å²) < 4.78 is 42.7. The van der Waals surface area contributed by atoms with E-state index >= 15 is 0 Å². The van der Waals surface area contributed by atoms with Crippen molar-refractivity contribution >= 4 is 11.1 Å². The summed E-state index contributed by atoms with van der Waals surface area (Å²) in [5.41, 5.74) is 4.05. The number of hydrogen-bond acceptors (Lipinski definition) is 8. The molecule has 8 nitrogen and oxygen atoms in total. The van der Waals surface area contributed by atoms with Crippen molar-refractivity contribution in [1.82, 2.24) is 0 Å². The normalized spacial score (nSPS) is 11.7. The van der Waals surface area contributed by atoms with Crippen molar-refractivity contribution < 1.29 is 37.9 Å². The zero-order valence-electron chi connectivity index (χ0n) is 21.1. The molecule has 8 heteroatoms. The first kappa shape index (κ1) is 30.3. The predicted octanol–water partition coefficient (Wildman–Crippen LogP) is 3.45. The molecule has 0 radical (unpaired) electrons. The van der Waals surface area contributed by atoms with E-state index in [2.05, 4.69) is 12.6 Å². The van der Waals surface area contributed by atoms with Crippen LogP contribution in [0.25, 0.3) is 11.1 Å². The maximum atomic E-state index is 5.68. The number of methoxy groups -OCH3 is 2. The molecule has 0 saturated heterocycles. The number of rotatable bonds is 23. The third-order valence-electron chi connectivity index (χ3n) is 4.59. The van der Waals surface area contributed by atoms with Crippen molar-refractivity contribution in [2.45, 2.75) is 6.92 Å². The summed E-state index contributed by atoms with van der Waals surface area (Å²) in [6.45, 7) is 13.2. The third kappa shape index (κ3) is 16.0. The van der Waals surface area contributed by atoms with E-state index < -0.39 is 0 Å². The van der Waals surface area contributed by atoms with E-state index in [1.807, 2.05) is 25.1 Å². The number of benzene rings is 1. The molecule has 0 aromatic heterocycles. The molecule has 1 aromatic carbocycles. The van der Waals surface area contributed by atoms with Crippen molar-refractivity contribution in [3.63, 3.8) is 0 Å². The molecule has 34 heavy (non-hydrogen) atoms.